The summed E-state index contributed by atoms with van der Waals surface area (Å²) in [6.07, 6.45) is 76.8. The lowest BCUT2D eigenvalue weighted by Gasteiger charge is -2.22. The van der Waals surface area contributed by atoms with Crippen molar-refractivity contribution in [1.29, 1.82) is 0 Å². The van der Waals surface area contributed by atoms with E-state index in [1.165, 1.54) is 302 Å². The highest BCUT2D eigenvalue weighted by Crippen LogP contribution is 2.19. The number of hydrogen-bond acceptors (Lipinski definition) is 5. The zero-order valence-electron chi connectivity index (χ0n) is 49.6. The fourth-order valence-corrected chi connectivity index (χ4v) is 10.7. The molecule has 2 atom stereocenters. The van der Waals surface area contributed by atoms with Crippen LogP contribution in [0.5, 0.6) is 0 Å². The van der Waals surface area contributed by atoms with Crippen molar-refractivity contribution in [2.24, 2.45) is 0 Å². The summed E-state index contributed by atoms with van der Waals surface area (Å²) in [6.45, 7) is 4.96. The Morgan fingerprint density at radius 2 is 0.644 bits per heavy atom. The molecule has 0 saturated heterocycles. The van der Waals surface area contributed by atoms with E-state index in [4.69, 9.17) is 4.74 Å². The van der Waals surface area contributed by atoms with E-state index in [1.54, 1.807) is 0 Å². The van der Waals surface area contributed by atoms with Crippen molar-refractivity contribution in [3.8, 4) is 0 Å². The Morgan fingerprint density at radius 1 is 0.370 bits per heavy atom. The van der Waals surface area contributed by atoms with E-state index in [9.17, 15) is 19.8 Å². The summed E-state index contributed by atoms with van der Waals surface area (Å²) in [5.41, 5.74) is 0. The van der Waals surface area contributed by atoms with Gasteiger partial charge in [0.05, 0.1) is 25.4 Å². The zero-order chi connectivity index (χ0) is 52.9. The molecule has 6 nitrogen and oxygen atoms in total. The predicted octanol–water partition coefficient (Wildman–Crippen LogP) is 21.2. The van der Waals surface area contributed by atoms with Gasteiger partial charge in [-0.05, 0) is 51.4 Å². The Morgan fingerprint density at radius 3 is 1.00 bits per heavy atom. The molecule has 2 unspecified atom stereocenters. The Bertz CT molecular complexity index is 1100. The van der Waals surface area contributed by atoms with Crippen molar-refractivity contribution in [2.75, 3.05) is 13.2 Å². The van der Waals surface area contributed by atoms with Crippen LogP contribution in [0.1, 0.15) is 380 Å². The van der Waals surface area contributed by atoms with Crippen molar-refractivity contribution in [1.82, 2.24) is 5.32 Å². The van der Waals surface area contributed by atoms with E-state index in [1.807, 2.05) is 0 Å². The first kappa shape index (κ1) is 71.6. The average molecular weight is 1030 g/mol. The Labute approximate surface area is 457 Å². The number of esters is 1. The first-order valence-corrected chi connectivity index (χ1v) is 33.4. The van der Waals surface area contributed by atoms with Gasteiger partial charge in [0.25, 0.3) is 0 Å². The molecule has 0 spiro atoms. The lowest BCUT2D eigenvalue weighted by molar-refractivity contribution is -0.143. The number of hydrogen-bond donors (Lipinski definition) is 3. The first-order valence-electron chi connectivity index (χ1n) is 33.4. The second kappa shape index (κ2) is 63.1. The lowest BCUT2D eigenvalue weighted by atomic mass is 10.0. The smallest absolute Gasteiger partial charge is 0.305 e. The van der Waals surface area contributed by atoms with Gasteiger partial charge < -0.3 is 20.3 Å². The van der Waals surface area contributed by atoms with Crippen molar-refractivity contribution in [2.45, 2.75) is 392 Å². The average Bonchev–Trinajstić information content (AvgIpc) is 3.39. The maximum Gasteiger partial charge on any atom is 0.305 e. The van der Waals surface area contributed by atoms with Crippen LogP contribution < -0.4 is 5.32 Å². The van der Waals surface area contributed by atoms with Crippen LogP contribution in [-0.4, -0.2) is 47.4 Å². The number of amides is 1. The van der Waals surface area contributed by atoms with Crippen LogP contribution >= 0.6 is 0 Å². The van der Waals surface area contributed by atoms with Gasteiger partial charge in [-0.1, -0.05) is 328 Å². The van der Waals surface area contributed by atoms with Gasteiger partial charge in [0.15, 0.2) is 0 Å². The monoisotopic (exact) mass is 1030 g/mol. The second-order valence-electron chi connectivity index (χ2n) is 23.2. The molecule has 0 rings (SSSR count). The van der Waals surface area contributed by atoms with Gasteiger partial charge in [-0.3, -0.25) is 9.59 Å². The Balaban J connectivity index is 3.34. The van der Waals surface area contributed by atoms with Gasteiger partial charge in [-0.25, -0.2) is 0 Å². The molecule has 0 aliphatic rings. The molecule has 0 heterocycles. The summed E-state index contributed by atoms with van der Waals surface area (Å²) < 4.78 is 5.47. The molecule has 3 N–H and O–H groups in total. The number of carbonyl (C=O) groups is 2. The number of carbonyl (C=O) groups excluding carboxylic acids is 2. The van der Waals surface area contributed by atoms with Gasteiger partial charge >= 0.3 is 5.97 Å². The number of aliphatic hydroxyl groups is 2. The summed E-state index contributed by atoms with van der Waals surface area (Å²) >= 11 is 0. The van der Waals surface area contributed by atoms with Crippen molar-refractivity contribution >= 4 is 11.9 Å². The minimum Gasteiger partial charge on any atom is -0.466 e. The minimum atomic E-state index is -0.661. The van der Waals surface area contributed by atoms with Crippen molar-refractivity contribution in [3.63, 3.8) is 0 Å². The molecule has 0 aliphatic carbocycles. The van der Waals surface area contributed by atoms with Gasteiger partial charge in [-0.2, -0.15) is 0 Å². The highest BCUT2D eigenvalue weighted by atomic mass is 16.5. The van der Waals surface area contributed by atoms with Gasteiger partial charge in [0.2, 0.25) is 5.91 Å². The Hall–Kier alpha value is -1.40. The second-order valence-corrected chi connectivity index (χ2v) is 23.2. The third-order valence-electron chi connectivity index (χ3n) is 15.8. The van der Waals surface area contributed by atoms with Crippen LogP contribution in [0.2, 0.25) is 0 Å². The SMILES string of the molecule is CCCCC/C=C\CCCCCCCC(=O)OCCCCCCCCCCCCCCCCCCCCCCCCCCCCCCC(=O)NC(CO)C(O)CCCCCCCCCCCCCCCCCC. The van der Waals surface area contributed by atoms with Crippen LogP contribution in [0.3, 0.4) is 0 Å². The quantitative estimate of drug-likeness (QED) is 0.0320. The molecule has 1 amide bonds. The van der Waals surface area contributed by atoms with E-state index in [2.05, 4.69) is 31.3 Å². The highest BCUT2D eigenvalue weighted by Gasteiger charge is 2.20. The van der Waals surface area contributed by atoms with Gasteiger partial charge in [0, 0.05) is 12.8 Å². The molecule has 0 radical (unpaired) electrons. The largest absolute Gasteiger partial charge is 0.466 e. The van der Waals surface area contributed by atoms with E-state index < -0.39 is 12.1 Å². The molecule has 0 aromatic heterocycles. The fourth-order valence-electron chi connectivity index (χ4n) is 10.7. The fraction of sp³-hybridized carbons (Fsp3) is 0.940. The number of unbranched alkanes of at least 4 members (excludes halogenated alkanes) is 50. The summed E-state index contributed by atoms with van der Waals surface area (Å²) in [5.74, 6) is -0.0191. The number of rotatable bonds is 63. The summed E-state index contributed by atoms with van der Waals surface area (Å²) in [4.78, 5) is 24.5. The zero-order valence-corrected chi connectivity index (χ0v) is 49.6. The van der Waals surface area contributed by atoms with Gasteiger partial charge in [-0.15, -0.1) is 0 Å². The lowest BCUT2D eigenvalue weighted by Crippen LogP contribution is -2.45. The molecule has 0 aromatic carbocycles. The van der Waals surface area contributed by atoms with Crippen molar-refractivity contribution < 1.29 is 24.5 Å². The van der Waals surface area contributed by atoms with Crippen LogP contribution in [0.25, 0.3) is 0 Å². The molecule has 0 aromatic rings. The van der Waals surface area contributed by atoms with Crippen LogP contribution in [0, 0.1) is 0 Å². The molecule has 0 aliphatic heterocycles. The predicted molar refractivity (Wildman–Crippen MR) is 320 cm³/mol. The Kier molecular flexibility index (Phi) is 61.9. The van der Waals surface area contributed by atoms with Gasteiger partial charge in [0.1, 0.15) is 0 Å². The third kappa shape index (κ3) is 59.7. The van der Waals surface area contributed by atoms with E-state index in [-0.39, 0.29) is 18.5 Å². The number of allylic oxidation sites excluding steroid dienone is 2. The van der Waals surface area contributed by atoms with E-state index >= 15 is 0 Å². The molecular formula is C67H131NO5. The molecule has 0 saturated carbocycles. The minimum absolute atomic E-state index is 0.00937. The normalized spacial score (nSPS) is 12.5. The van der Waals surface area contributed by atoms with Crippen LogP contribution in [0.15, 0.2) is 12.2 Å². The number of aliphatic hydroxyl groups excluding tert-OH is 2. The molecule has 73 heavy (non-hydrogen) atoms. The summed E-state index contributed by atoms with van der Waals surface area (Å²) in [5, 5.41) is 23.3. The van der Waals surface area contributed by atoms with Crippen LogP contribution in [-0.2, 0) is 14.3 Å². The third-order valence-corrected chi connectivity index (χ3v) is 15.8. The van der Waals surface area contributed by atoms with Crippen LogP contribution in [0.4, 0.5) is 0 Å². The number of ether oxygens (including phenoxy) is 1. The summed E-state index contributed by atoms with van der Waals surface area (Å²) in [6, 6.07) is -0.538. The first-order chi connectivity index (χ1) is 36.0. The molecular weight excluding hydrogens is 899 g/mol. The maximum atomic E-state index is 12.5. The van der Waals surface area contributed by atoms with E-state index in [0.29, 0.717) is 25.9 Å². The van der Waals surface area contributed by atoms with Crippen molar-refractivity contribution in [3.05, 3.63) is 12.2 Å². The summed E-state index contributed by atoms with van der Waals surface area (Å²) in [7, 11) is 0. The molecule has 434 valence electrons. The number of nitrogens with one attached hydrogen (secondary N) is 1. The maximum absolute atomic E-state index is 12.5. The topological polar surface area (TPSA) is 95.9 Å². The molecule has 6 heteroatoms. The molecule has 0 bridgehead atoms. The highest BCUT2D eigenvalue weighted by molar-refractivity contribution is 5.76. The van der Waals surface area contributed by atoms with E-state index in [0.717, 1.165) is 44.9 Å². The molecule has 0 fully saturated rings. The standard InChI is InChI=1S/C67H131NO5/c1-3-5-7-9-11-13-15-17-18-33-36-39-43-47-51-55-59-65(70)64(63-69)68-66(71)60-56-52-48-44-40-37-34-31-29-27-25-23-21-19-20-22-24-26-28-30-32-35-38-42-46-50-54-58-62-73-67(72)61-57-53-49-45-41-16-14-12-10-8-6-4-2/h12,14,64-65,69-70H,3-11,13,15-63H2,1-2H3,(H,68,71)/b14-12-.